The molecule has 28 heavy (non-hydrogen) atoms. The fraction of sp³-hybridized carbons (Fsp3) is 0.625. The number of hydrogen-bond acceptors (Lipinski definition) is 4. The topological polar surface area (TPSA) is 44.8 Å². The number of esters is 1. The van der Waals surface area contributed by atoms with E-state index in [9.17, 15) is 4.79 Å². The Morgan fingerprint density at radius 1 is 1.00 bits per heavy atom. The van der Waals surface area contributed by atoms with Gasteiger partial charge in [0.05, 0.1) is 13.2 Å². The van der Waals surface area contributed by atoms with Crippen molar-refractivity contribution in [3.05, 3.63) is 42.0 Å². The van der Waals surface area contributed by atoms with E-state index < -0.39 is 6.29 Å². The molecule has 4 nitrogen and oxygen atoms in total. The average Bonchev–Trinajstić information content (AvgIpc) is 2.73. The molecule has 0 spiro atoms. The van der Waals surface area contributed by atoms with Crippen LogP contribution in [0.25, 0.3) is 5.57 Å². The molecule has 1 aromatic rings. The quantitative estimate of drug-likeness (QED) is 0.330. The summed E-state index contributed by atoms with van der Waals surface area (Å²) in [6.45, 7) is 5.07. The maximum absolute atomic E-state index is 12.0. The van der Waals surface area contributed by atoms with Crippen LogP contribution in [0.15, 0.2) is 36.4 Å². The number of carbonyl (C=O) groups is 1. The second-order valence-electron chi connectivity index (χ2n) is 7.42. The summed E-state index contributed by atoms with van der Waals surface area (Å²) < 4.78 is 17.3. The Labute approximate surface area is 170 Å². The Bertz CT molecular complexity index is 574. The lowest BCUT2D eigenvalue weighted by molar-refractivity contribution is -0.204. The first-order valence-corrected chi connectivity index (χ1v) is 10.9. The van der Waals surface area contributed by atoms with Gasteiger partial charge in [0.1, 0.15) is 6.10 Å². The van der Waals surface area contributed by atoms with Crippen molar-refractivity contribution >= 4 is 11.5 Å². The number of rotatable bonds is 12. The SMILES string of the molecule is CCC=C(c1ccccc1)C1OCC(OC(=O)CCCCCCCCC)CO1. The number of ether oxygens (including phenoxy) is 3. The highest BCUT2D eigenvalue weighted by Gasteiger charge is 2.27. The van der Waals surface area contributed by atoms with Crippen molar-refractivity contribution in [1.82, 2.24) is 0 Å². The van der Waals surface area contributed by atoms with Gasteiger partial charge in [0, 0.05) is 12.0 Å². The lowest BCUT2D eigenvalue weighted by Crippen LogP contribution is -2.39. The first kappa shape index (κ1) is 22.6. The zero-order valence-corrected chi connectivity index (χ0v) is 17.5. The van der Waals surface area contributed by atoms with Gasteiger partial charge in [-0.2, -0.15) is 0 Å². The molecule has 1 aromatic carbocycles. The van der Waals surface area contributed by atoms with Crippen molar-refractivity contribution < 1.29 is 19.0 Å². The van der Waals surface area contributed by atoms with Crippen LogP contribution in [-0.2, 0) is 19.0 Å². The van der Waals surface area contributed by atoms with Crippen LogP contribution in [0.3, 0.4) is 0 Å². The summed E-state index contributed by atoms with van der Waals surface area (Å²) in [5.74, 6) is -0.142. The molecule has 4 heteroatoms. The molecule has 0 aliphatic carbocycles. The fourth-order valence-corrected chi connectivity index (χ4v) is 3.41. The van der Waals surface area contributed by atoms with E-state index in [4.69, 9.17) is 14.2 Å². The standard InChI is InChI=1S/C24H36O4/c1-3-5-6-7-8-9-13-17-23(25)28-21-18-26-24(27-19-21)22(14-4-2)20-15-11-10-12-16-20/h10-12,14-16,21,24H,3-9,13,17-19H2,1-2H3. The summed E-state index contributed by atoms with van der Waals surface area (Å²) in [7, 11) is 0. The molecule has 1 aliphatic rings. The van der Waals surface area contributed by atoms with Gasteiger partial charge in [0.2, 0.25) is 0 Å². The number of benzene rings is 1. The van der Waals surface area contributed by atoms with E-state index in [0.717, 1.165) is 30.4 Å². The highest BCUT2D eigenvalue weighted by Crippen LogP contribution is 2.25. The largest absolute Gasteiger partial charge is 0.457 e. The summed E-state index contributed by atoms with van der Waals surface area (Å²) in [6, 6.07) is 10.1. The molecule has 1 heterocycles. The Hall–Kier alpha value is -1.65. The molecule has 0 radical (unpaired) electrons. The lowest BCUT2D eigenvalue weighted by atomic mass is 10.0. The maximum Gasteiger partial charge on any atom is 0.306 e. The minimum atomic E-state index is -0.402. The van der Waals surface area contributed by atoms with Gasteiger partial charge >= 0.3 is 5.97 Å². The van der Waals surface area contributed by atoms with Crippen LogP contribution in [0.2, 0.25) is 0 Å². The molecule has 156 valence electrons. The molecule has 1 fully saturated rings. The first-order valence-electron chi connectivity index (χ1n) is 10.9. The van der Waals surface area contributed by atoms with Crippen LogP contribution >= 0.6 is 0 Å². The highest BCUT2D eigenvalue weighted by atomic mass is 16.7. The van der Waals surface area contributed by atoms with E-state index in [1.807, 2.05) is 18.2 Å². The summed E-state index contributed by atoms with van der Waals surface area (Å²) in [4.78, 5) is 12.0. The van der Waals surface area contributed by atoms with Crippen LogP contribution in [0.1, 0.15) is 77.2 Å². The van der Waals surface area contributed by atoms with Crippen molar-refractivity contribution in [3.8, 4) is 0 Å². The predicted octanol–water partition coefficient (Wildman–Crippen LogP) is 5.91. The first-order chi connectivity index (χ1) is 13.7. The highest BCUT2D eigenvalue weighted by molar-refractivity contribution is 5.69. The Morgan fingerprint density at radius 3 is 2.29 bits per heavy atom. The van der Waals surface area contributed by atoms with Crippen molar-refractivity contribution in [2.24, 2.45) is 0 Å². The second-order valence-corrected chi connectivity index (χ2v) is 7.42. The molecule has 1 aliphatic heterocycles. The minimum absolute atomic E-state index is 0.142. The molecule has 0 N–H and O–H groups in total. The smallest absolute Gasteiger partial charge is 0.306 e. The van der Waals surface area contributed by atoms with E-state index in [2.05, 4.69) is 32.1 Å². The van der Waals surface area contributed by atoms with E-state index >= 15 is 0 Å². The molecule has 0 amide bonds. The maximum atomic E-state index is 12.0. The van der Waals surface area contributed by atoms with Crippen LogP contribution in [0.5, 0.6) is 0 Å². The number of hydrogen-bond donors (Lipinski definition) is 0. The molecule has 0 unspecified atom stereocenters. The van der Waals surface area contributed by atoms with E-state index in [-0.39, 0.29) is 12.1 Å². The molecule has 1 saturated heterocycles. The van der Waals surface area contributed by atoms with E-state index in [0.29, 0.717) is 19.6 Å². The Balaban J connectivity index is 1.67. The lowest BCUT2D eigenvalue weighted by Gasteiger charge is -2.30. The third-order valence-corrected chi connectivity index (χ3v) is 4.93. The molecule has 2 rings (SSSR count). The Kier molecular flexibility index (Phi) is 10.9. The fourth-order valence-electron chi connectivity index (χ4n) is 3.41. The summed E-state index contributed by atoms with van der Waals surface area (Å²) in [6.07, 6.45) is 11.2. The van der Waals surface area contributed by atoms with Gasteiger partial charge in [-0.25, -0.2) is 0 Å². The van der Waals surface area contributed by atoms with Gasteiger partial charge < -0.3 is 14.2 Å². The molecular formula is C24H36O4. The molecule has 0 bridgehead atoms. The normalized spacial score (nSPS) is 20.1. The van der Waals surface area contributed by atoms with E-state index in [1.165, 1.54) is 32.1 Å². The van der Waals surface area contributed by atoms with Gasteiger partial charge in [0.25, 0.3) is 0 Å². The third-order valence-electron chi connectivity index (χ3n) is 4.93. The Morgan fingerprint density at radius 2 is 1.64 bits per heavy atom. The van der Waals surface area contributed by atoms with Crippen LogP contribution in [0.4, 0.5) is 0 Å². The second kappa shape index (κ2) is 13.5. The molecule has 0 aromatic heterocycles. The van der Waals surface area contributed by atoms with Gasteiger partial charge in [-0.15, -0.1) is 0 Å². The van der Waals surface area contributed by atoms with Gasteiger partial charge in [-0.1, -0.05) is 88.8 Å². The predicted molar refractivity (Wildman–Crippen MR) is 113 cm³/mol. The average molecular weight is 389 g/mol. The third kappa shape index (κ3) is 8.15. The van der Waals surface area contributed by atoms with Gasteiger partial charge in [-0.05, 0) is 18.4 Å². The monoisotopic (exact) mass is 388 g/mol. The number of unbranched alkanes of at least 4 members (excludes halogenated alkanes) is 6. The van der Waals surface area contributed by atoms with Gasteiger partial charge in [-0.3, -0.25) is 4.79 Å². The molecular weight excluding hydrogens is 352 g/mol. The molecule has 0 saturated carbocycles. The van der Waals surface area contributed by atoms with Crippen molar-refractivity contribution in [2.75, 3.05) is 13.2 Å². The zero-order valence-electron chi connectivity index (χ0n) is 17.5. The summed E-state index contributed by atoms with van der Waals surface area (Å²) >= 11 is 0. The van der Waals surface area contributed by atoms with Crippen LogP contribution in [0, 0.1) is 0 Å². The van der Waals surface area contributed by atoms with Crippen molar-refractivity contribution in [3.63, 3.8) is 0 Å². The van der Waals surface area contributed by atoms with Crippen LogP contribution in [-0.4, -0.2) is 31.6 Å². The minimum Gasteiger partial charge on any atom is -0.457 e. The summed E-state index contributed by atoms with van der Waals surface area (Å²) in [5.41, 5.74) is 2.14. The van der Waals surface area contributed by atoms with E-state index in [1.54, 1.807) is 0 Å². The van der Waals surface area contributed by atoms with Gasteiger partial charge in [0.15, 0.2) is 6.29 Å². The number of carbonyl (C=O) groups excluding carboxylic acids is 1. The zero-order chi connectivity index (χ0) is 20.0. The number of allylic oxidation sites excluding steroid dienone is 1. The van der Waals surface area contributed by atoms with Crippen molar-refractivity contribution in [2.45, 2.75) is 84.0 Å². The molecule has 0 atom stereocenters. The van der Waals surface area contributed by atoms with Crippen LogP contribution < -0.4 is 0 Å². The van der Waals surface area contributed by atoms with Crippen molar-refractivity contribution in [1.29, 1.82) is 0 Å². The summed E-state index contributed by atoms with van der Waals surface area (Å²) in [5, 5.41) is 0.